The molecule has 1 aromatic carbocycles. The number of primary amides is 1. The number of nitrogens with zero attached hydrogens (tertiary/aromatic N) is 5. The van der Waals surface area contributed by atoms with Crippen molar-refractivity contribution in [3.05, 3.63) is 41.7 Å². The summed E-state index contributed by atoms with van der Waals surface area (Å²) in [6, 6.07) is 3.57. The Morgan fingerprint density at radius 1 is 1.04 bits per heavy atom. The topological polar surface area (TPSA) is 236 Å². The molecule has 1 aromatic heterocycles. The van der Waals surface area contributed by atoms with E-state index >= 15 is 0 Å². The zero-order valence-corrected chi connectivity index (χ0v) is 33.1. The number of carbonyl (C=O) groups is 5. The molecule has 2 aromatic rings. The lowest BCUT2D eigenvalue weighted by molar-refractivity contribution is -0.143. The zero-order valence-electron chi connectivity index (χ0n) is 31.5. The fourth-order valence-corrected chi connectivity index (χ4v) is 10.4. The molecule has 6 rings (SSSR count). The lowest BCUT2D eigenvalue weighted by atomic mass is 9.85. The van der Waals surface area contributed by atoms with Gasteiger partial charge >= 0.3 is 0 Å². The first-order chi connectivity index (χ1) is 25.9. The van der Waals surface area contributed by atoms with E-state index in [9.17, 15) is 37.5 Å². The van der Waals surface area contributed by atoms with Crippen LogP contribution >= 0.6 is 11.8 Å². The number of hydrogen-bond donors (Lipinski definition) is 4. The van der Waals surface area contributed by atoms with Gasteiger partial charge in [-0.1, -0.05) is 37.3 Å². The number of aromatic nitrogens is 3. The Morgan fingerprint density at radius 3 is 2.29 bits per heavy atom. The molecular weight excluding hydrogens is 749 g/mol. The van der Waals surface area contributed by atoms with Crippen molar-refractivity contribution in [2.24, 2.45) is 16.6 Å². The van der Waals surface area contributed by atoms with E-state index < -0.39 is 68.2 Å². The third kappa shape index (κ3) is 9.18. The van der Waals surface area contributed by atoms with E-state index in [1.54, 1.807) is 25.6 Å². The van der Waals surface area contributed by atoms with Crippen molar-refractivity contribution in [2.45, 2.75) is 125 Å². The maximum absolute atomic E-state index is 14.8. The van der Waals surface area contributed by atoms with Crippen molar-refractivity contribution in [1.82, 2.24) is 29.9 Å². The van der Waals surface area contributed by atoms with Gasteiger partial charge in [-0.05, 0) is 94.6 Å². The number of thioether (sulfide) groups is 1. The van der Waals surface area contributed by atoms with Crippen molar-refractivity contribution < 1.29 is 37.5 Å². The standard InChI is InChI=1S/C37H50N8O8S2/c1-35(2,51)29-21-39-43-45(29)25-20-28(33(49)41-37(30(46)31(38)47)15-17-54-18-16-37)44(22-25)34(50)27(19-23-7-5-4-6-8-23)40-32(48)24-9-11-26(12-10-24)55(52,53)42-36(3)13-14-36/h9-12,21,23,25,28,42,51H,4-8,13-20,22H2,1-3H3,(H2,38,47)(H,41,49)/b40-27+/t25-,28-/m0/s1. The number of nitrogens with one attached hydrogen (secondary N) is 2. The predicted octanol–water partition coefficient (Wildman–Crippen LogP) is 2.17. The van der Waals surface area contributed by atoms with Crippen molar-refractivity contribution in [3.63, 3.8) is 0 Å². The molecule has 2 aliphatic carbocycles. The van der Waals surface area contributed by atoms with Crippen molar-refractivity contribution in [2.75, 3.05) is 18.1 Å². The van der Waals surface area contributed by atoms with E-state index in [1.165, 1.54) is 40.0 Å². The van der Waals surface area contributed by atoms with Crippen molar-refractivity contribution >= 4 is 56.9 Å². The Balaban J connectivity index is 1.33. The van der Waals surface area contributed by atoms with Gasteiger partial charge < -0.3 is 21.1 Å². The van der Waals surface area contributed by atoms with Gasteiger partial charge in [0, 0.05) is 24.1 Å². The van der Waals surface area contributed by atoms with Crippen LogP contribution in [0.4, 0.5) is 0 Å². The molecule has 298 valence electrons. The first-order valence-corrected chi connectivity index (χ1v) is 21.5. The van der Waals surface area contributed by atoms with Gasteiger partial charge in [0.1, 0.15) is 22.9 Å². The highest BCUT2D eigenvalue weighted by Crippen LogP contribution is 2.37. The van der Waals surface area contributed by atoms with Crippen molar-refractivity contribution in [3.8, 4) is 0 Å². The van der Waals surface area contributed by atoms with E-state index in [0.717, 1.165) is 44.9 Å². The number of sulfonamides is 1. The number of rotatable bonds is 13. The SMILES string of the molecule is CC1(NS(=O)(=O)c2ccc(C(=O)/N=C(\CC3CCCCC3)C(=O)N3C[C@@H](n4nncc4C(C)(C)O)C[C@H]3C(=O)NC3(C(=O)C(N)=O)CCSCC3)cc2)CC1. The fourth-order valence-electron chi connectivity index (χ4n) is 7.75. The van der Waals surface area contributed by atoms with Crippen LogP contribution in [0.1, 0.15) is 113 Å². The molecule has 4 aliphatic rings. The van der Waals surface area contributed by atoms with E-state index in [1.807, 2.05) is 6.92 Å². The minimum atomic E-state index is -3.81. The molecule has 0 bridgehead atoms. The molecule has 4 fully saturated rings. The van der Waals surface area contributed by atoms with Gasteiger partial charge in [-0.2, -0.15) is 11.8 Å². The summed E-state index contributed by atoms with van der Waals surface area (Å²) in [5, 5.41) is 21.9. The highest BCUT2D eigenvalue weighted by atomic mass is 32.2. The second-order valence-electron chi connectivity index (χ2n) is 16.1. The summed E-state index contributed by atoms with van der Waals surface area (Å²) in [5.41, 5.74) is 2.46. The summed E-state index contributed by atoms with van der Waals surface area (Å²) in [5.74, 6) is -3.06. The number of carbonyl (C=O) groups excluding carboxylic acids is 5. The molecule has 16 nitrogen and oxygen atoms in total. The minimum absolute atomic E-state index is 0.000640. The molecule has 0 unspecified atom stereocenters. The van der Waals surface area contributed by atoms with Crippen LogP contribution in [-0.2, 0) is 34.8 Å². The molecular formula is C37H50N8O8S2. The molecule has 18 heteroatoms. The first-order valence-electron chi connectivity index (χ1n) is 18.9. The summed E-state index contributed by atoms with van der Waals surface area (Å²) >= 11 is 1.58. The van der Waals surface area contributed by atoms with Gasteiger partial charge in [-0.15, -0.1) is 5.10 Å². The van der Waals surface area contributed by atoms with Crippen LogP contribution in [-0.4, -0.2) is 104 Å². The van der Waals surface area contributed by atoms with Gasteiger partial charge in [0.05, 0.1) is 22.8 Å². The molecule has 2 saturated carbocycles. The number of hydrogen-bond acceptors (Lipinski definition) is 11. The summed E-state index contributed by atoms with van der Waals surface area (Å²) in [7, 11) is -3.81. The average molecular weight is 799 g/mol. The maximum atomic E-state index is 14.8. The molecule has 55 heavy (non-hydrogen) atoms. The highest BCUT2D eigenvalue weighted by molar-refractivity contribution is 7.99. The van der Waals surface area contributed by atoms with Gasteiger partial charge in [-0.25, -0.2) is 22.8 Å². The van der Waals surface area contributed by atoms with Crippen LogP contribution in [0.15, 0.2) is 40.4 Å². The van der Waals surface area contributed by atoms with E-state index in [-0.39, 0.29) is 54.3 Å². The summed E-state index contributed by atoms with van der Waals surface area (Å²) in [6.07, 6.45) is 8.07. The minimum Gasteiger partial charge on any atom is -0.384 e. The second kappa shape index (κ2) is 15.9. The van der Waals surface area contributed by atoms with E-state index in [0.29, 0.717) is 17.2 Å². The molecule has 2 aliphatic heterocycles. The first kappa shape index (κ1) is 40.7. The van der Waals surface area contributed by atoms with Gasteiger partial charge in [0.2, 0.25) is 21.7 Å². The number of nitrogens with two attached hydrogens (primary N) is 1. The normalized spacial score (nSPS) is 22.9. The lowest BCUT2D eigenvalue weighted by Crippen LogP contribution is -2.63. The number of Topliss-reactive ketones (excluding diaryl/α,β-unsaturated/α-hetero) is 1. The molecule has 0 spiro atoms. The van der Waals surface area contributed by atoms with Gasteiger partial charge in [0.25, 0.3) is 17.7 Å². The second-order valence-corrected chi connectivity index (χ2v) is 19.0. The van der Waals surface area contributed by atoms with Crippen LogP contribution < -0.4 is 15.8 Å². The Hall–Kier alpha value is -4.00. The molecule has 4 amide bonds. The Kier molecular flexibility index (Phi) is 11.7. The molecule has 2 atom stereocenters. The quantitative estimate of drug-likeness (QED) is 0.169. The summed E-state index contributed by atoms with van der Waals surface area (Å²) in [6.45, 7) is 4.89. The van der Waals surface area contributed by atoms with E-state index in [2.05, 4.69) is 25.3 Å². The Bertz CT molecular complexity index is 1960. The fraction of sp³-hybridized carbons (Fsp3) is 0.622. The van der Waals surface area contributed by atoms with Crippen LogP contribution in [0.3, 0.4) is 0 Å². The molecule has 2 saturated heterocycles. The van der Waals surface area contributed by atoms with Crippen molar-refractivity contribution in [1.29, 1.82) is 0 Å². The van der Waals surface area contributed by atoms with Gasteiger partial charge in [0.15, 0.2) is 0 Å². The molecule has 0 radical (unpaired) electrons. The number of benzene rings is 1. The summed E-state index contributed by atoms with van der Waals surface area (Å²) in [4.78, 5) is 73.9. The van der Waals surface area contributed by atoms with Crippen LogP contribution in [0, 0.1) is 5.92 Å². The number of aliphatic imine (C=N–C) groups is 1. The summed E-state index contributed by atoms with van der Waals surface area (Å²) < 4.78 is 30.0. The number of aliphatic hydroxyl groups is 1. The maximum Gasteiger partial charge on any atom is 0.287 e. The third-order valence-corrected chi connectivity index (χ3v) is 13.9. The van der Waals surface area contributed by atoms with Gasteiger partial charge in [-0.3, -0.25) is 24.0 Å². The smallest absolute Gasteiger partial charge is 0.287 e. The number of ketones is 1. The number of amides is 4. The van der Waals surface area contributed by atoms with Crippen LogP contribution in [0.25, 0.3) is 0 Å². The highest BCUT2D eigenvalue weighted by Gasteiger charge is 2.49. The average Bonchev–Trinajstić information content (AvgIpc) is 3.49. The van der Waals surface area contributed by atoms with Crippen LogP contribution in [0.5, 0.6) is 0 Å². The zero-order chi connectivity index (χ0) is 39.8. The molecule has 5 N–H and O–H groups in total. The third-order valence-electron chi connectivity index (χ3n) is 11.2. The predicted molar refractivity (Wildman–Crippen MR) is 203 cm³/mol. The largest absolute Gasteiger partial charge is 0.384 e. The lowest BCUT2D eigenvalue weighted by Gasteiger charge is -2.37. The number of likely N-dealkylation sites (tertiary alicyclic amines) is 1. The Labute approximate surface area is 324 Å². The molecule has 3 heterocycles. The Morgan fingerprint density at radius 2 is 1.69 bits per heavy atom. The monoisotopic (exact) mass is 798 g/mol. The van der Waals surface area contributed by atoms with Crippen LogP contribution in [0.2, 0.25) is 0 Å². The van der Waals surface area contributed by atoms with E-state index in [4.69, 9.17) is 5.73 Å².